The summed E-state index contributed by atoms with van der Waals surface area (Å²) in [5.74, 6) is 2.32. The summed E-state index contributed by atoms with van der Waals surface area (Å²) in [6, 6.07) is 6.84. The van der Waals surface area contributed by atoms with Gasteiger partial charge in [-0.2, -0.15) is 0 Å². The standard InChI is InChI=1S/C24H31NO5/c26-22(25-24-11-16-8-17(12-24)10-18(9-16)13-24)15-30-23(27)19-3-5-20(6-4-19)29-14-21-2-1-7-28-21/h3-6,16-18,21H,1-2,7-15H2,(H,25,26). The molecule has 1 saturated heterocycles. The molecule has 0 radical (unpaired) electrons. The molecule has 5 aliphatic rings. The van der Waals surface area contributed by atoms with Gasteiger partial charge in [-0.1, -0.05) is 0 Å². The second-order valence-corrected chi connectivity index (χ2v) is 9.79. The van der Waals surface area contributed by atoms with E-state index in [0.717, 1.165) is 56.5 Å². The molecule has 162 valence electrons. The third-order valence-electron chi connectivity index (χ3n) is 7.33. The summed E-state index contributed by atoms with van der Waals surface area (Å²) in [7, 11) is 0. The van der Waals surface area contributed by atoms with Gasteiger partial charge >= 0.3 is 5.97 Å². The molecule has 0 aromatic heterocycles. The van der Waals surface area contributed by atoms with Gasteiger partial charge in [0.25, 0.3) is 5.91 Å². The lowest BCUT2D eigenvalue weighted by Gasteiger charge is -2.56. The van der Waals surface area contributed by atoms with E-state index in [1.165, 1.54) is 19.3 Å². The van der Waals surface area contributed by atoms with Gasteiger partial charge in [0.05, 0.1) is 11.7 Å². The predicted octanol–water partition coefficient (Wildman–Crippen LogP) is 3.49. The van der Waals surface area contributed by atoms with Crippen molar-refractivity contribution in [3.05, 3.63) is 29.8 Å². The molecule has 4 bridgehead atoms. The van der Waals surface area contributed by atoms with Crippen molar-refractivity contribution in [3.8, 4) is 5.75 Å². The maximum absolute atomic E-state index is 12.5. The zero-order valence-electron chi connectivity index (χ0n) is 17.4. The average Bonchev–Trinajstić information content (AvgIpc) is 3.23. The van der Waals surface area contributed by atoms with Gasteiger partial charge in [-0.3, -0.25) is 4.79 Å². The Balaban J connectivity index is 1.08. The molecule has 1 aromatic carbocycles. The molecule has 1 N–H and O–H groups in total. The molecular weight excluding hydrogens is 382 g/mol. The lowest BCUT2D eigenvalue weighted by Crippen LogP contribution is -2.60. The van der Waals surface area contributed by atoms with Crippen LogP contribution in [-0.2, 0) is 14.3 Å². The zero-order valence-corrected chi connectivity index (χ0v) is 17.4. The van der Waals surface area contributed by atoms with E-state index in [1.54, 1.807) is 24.3 Å². The van der Waals surface area contributed by atoms with E-state index in [0.29, 0.717) is 17.9 Å². The number of hydrogen-bond acceptors (Lipinski definition) is 5. The first-order chi connectivity index (χ1) is 14.6. The fourth-order valence-corrected chi connectivity index (χ4v) is 6.46. The molecular formula is C24H31NO5. The van der Waals surface area contributed by atoms with Gasteiger partial charge in [-0.15, -0.1) is 0 Å². The summed E-state index contributed by atoms with van der Waals surface area (Å²) in [6.07, 6.45) is 9.52. The Morgan fingerprint density at radius 1 is 1.03 bits per heavy atom. The Morgan fingerprint density at radius 2 is 1.70 bits per heavy atom. The number of ether oxygens (including phenoxy) is 3. The monoisotopic (exact) mass is 413 g/mol. The second kappa shape index (κ2) is 8.22. The molecule has 0 spiro atoms. The summed E-state index contributed by atoms with van der Waals surface area (Å²) in [6.45, 7) is 1.10. The van der Waals surface area contributed by atoms with E-state index in [4.69, 9.17) is 14.2 Å². The van der Waals surface area contributed by atoms with Gasteiger partial charge < -0.3 is 19.5 Å². The van der Waals surface area contributed by atoms with Gasteiger partial charge in [-0.25, -0.2) is 4.79 Å². The van der Waals surface area contributed by atoms with Crippen LogP contribution < -0.4 is 10.1 Å². The van der Waals surface area contributed by atoms with Crippen LogP contribution in [0.3, 0.4) is 0 Å². The summed E-state index contributed by atoms with van der Waals surface area (Å²) >= 11 is 0. The molecule has 4 saturated carbocycles. The highest BCUT2D eigenvalue weighted by atomic mass is 16.5. The minimum atomic E-state index is -0.485. The second-order valence-electron chi connectivity index (χ2n) is 9.79. The first-order valence-electron chi connectivity index (χ1n) is 11.4. The van der Waals surface area contributed by atoms with Crippen LogP contribution in [0.2, 0.25) is 0 Å². The lowest BCUT2D eigenvalue weighted by molar-refractivity contribution is -0.130. The SMILES string of the molecule is O=C(COC(=O)c1ccc(OCC2CCCO2)cc1)NC12CC3CC(CC(C3)C1)C2. The topological polar surface area (TPSA) is 73.9 Å². The molecule has 5 fully saturated rings. The van der Waals surface area contributed by atoms with Crippen molar-refractivity contribution in [3.63, 3.8) is 0 Å². The first-order valence-corrected chi connectivity index (χ1v) is 11.4. The Bertz CT molecular complexity index is 748. The van der Waals surface area contributed by atoms with E-state index in [-0.39, 0.29) is 24.2 Å². The molecule has 30 heavy (non-hydrogen) atoms. The predicted molar refractivity (Wildman–Crippen MR) is 110 cm³/mol. The van der Waals surface area contributed by atoms with Crippen molar-refractivity contribution in [2.24, 2.45) is 17.8 Å². The van der Waals surface area contributed by atoms with E-state index < -0.39 is 5.97 Å². The van der Waals surface area contributed by atoms with E-state index in [2.05, 4.69) is 5.32 Å². The Kier molecular flexibility index (Phi) is 5.44. The molecule has 6 rings (SSSR count). The molecule has 1 atom stereocenters. The van der Waals surface area contributed by atoms with Crippen LogP contribution in [-0.4, -0.2) is 43.3 Å². The molecule has 6 heteroatoms. The fourth-order valence-electron chi connectivity index (χ4n) is 6.46. The Hall–Kier alpha value is -2.08. The van der Waals surface area contributed by atoms with Gasteiger partial charge in [0.1, 0.15) is 12.4 Å². The average molecular weight is 414 g/mol. The van der Waals surface area contributed by atoms with Crippen molar-refractivity contribution in [2.75, 3.05) is 19.8 Å². The van der Waals surface area contributed by atoms with Gasteiger partial charge in [0, 0.05) is 12.1 Å². The number of carbonyl (C=O) groups excluding carboxylic acids is 2. The first kappa shape index (κ1) is 19.9. The van der Waals surface area contributed by atoms with Crippen LogP contribution in [0.15, 0.2) is 24.3 Å². The highest BCUT2D eigenvalue weighted by Gasteiger charge is 2.51. The number of hydrogen-bond donors (Lipinski definition) is 1. The normalized spacial score (nSPS) is 34.0. The smallest absolute Gasteiger partial charge is 0.338 e. The molecule has 1 heterocycles. The number of amides is 1. The van der Waals surface area contributed by atoms with Crippen LogP contribution in [0.1, 0.15) is 61.7 Å². The highest BCUT2D eigenvalue weighted by molar-refractivity contribution is 5.91. The van der Waals surface area contributed by atoms with Gasteiger partial charge in [0.15, 0.2) is 6.61 Å². The number of rotatable bonds is 7. The summed E-state index contributed by atoms with van der Waals surface area (Å²) in [4.78, 5) is 24.8. The fraction of sp³-hybridized carbons (Fsp3) is 0.667. The minimum absolute atomic E-state index is 0.0553. The Morgan fingerprint density at radius 3 is 2.30 bits per heavy atom. The van der Waals surface area contributed by atoms with E-state index in [1.807, 2.05) is 0 Å². The summed E-state index contributed by atoms with van der Waals surface area (Å²) in [5.41, 5.74) is 0.363. The van der Waals surface area contributed by atoms with Crippen molar-refractivity contribution in [1.82, 2.24) is 5.32 Å². The molecule has 1 unspecified atom stereocenters. The molecule has 1 aromatic rings. The number of benzene rings is 1. The molecule has 1 aliphatic heterocycles. The highest BCUT2D eigenvalue weighted by Crippen LogP contribution is 2.55. The molecule has 4 aliphatic carbocycles. The van der Waals surface area contributed by atoms with Gasteiger partial charge in [-0.05, 0) is 93.4 Å². The van der Waals surface area contributed by atoms with Crippen molar-refractivity contribution >= 4 is 11.9 Å². The number of carbonyl (C=O) groups is 2. The lowest BCUT2D eigenvalue weighted by atomic mass is 9.53. The molecule has 6 nitrogen and oxygen atoms in total. The van der Waals surface area contributed by atoms with Crippen molar-refractivity contribution in [1.29, 1.82) is 0 Å². The van der Waals surface area contributed by atoms with Crippen LogP contribution >= 0.6 is 0 Å². The molecule has 1 amide bonds. The van der Waals surface area contributed by atoms with Gasteiger partial charge in [0.2, 0.25) is 0 Å². The summed E-state index contributed by atoms with van der Waals surface area (Å²) < 4.78 is 16.5. The third-order valence-corrected chi connectivity index (χ3v) is 7.33. The van der Waals surface area contributed by atoms with Crippen LogP contribution in [0.5, 0.6) is 5.75 Å². The van der Waals surface area contributed by atoms with Crippen molar-refractivity contribution < 1.29 is 23.8 Å². The maximum atomic E-state index is 12.5. The van der Waals surface area contributed by atoms with Crippen LogP contribution in [0.4, 0.5) is 0 Å². The zero-order chi connectivity index (χ0) is 20.6. The number of esters is 1. The number of nitrogens with one attached hydrogen (secondary N) is 1. The minimum Gasteiger partial charge on any atom is -0.491 e. The maximum Gasteiger partial charge on any atom is 0.338 e. The Labute approximate surface area is 177 Å². The van der Waals surface area contributed by atoms with Crippen LogP contribution in [0, 0.1) is 17.8 Å². The van der Waals surface area contributed by atoms with Crippen LogP contribution in [0.25, 0.3) is 0 Å². The largest absolute Gasteiger partial charge is 0.491 e. The quantitative estimate of drug-likeness (QED) is 0.693. The van der Waals surface area contributed by atoms with E-state index >= 15 is 0 Å². The summed E-state index contributed by atoms with van der Waals surface area (Å²) in [5, 5.41) is 3.24. The third kappa shape index (κ3) is 4.34. The van der Waals surface area contributed by atoms with E-state index in [9.17, 15) is 9.59 Å². The van der Waals surface area contributed by atoms with Crippen molar-refractivity contribution in [2.45, 2.75) is 63.0 Å².